The molecule has 7 heteroatoms. The monoisotopic (exact) mass is 326 g/mol. The van der Waals surface area contributed by atoms with Gasteiger partial charge in [0.15, 0.2) is 0 Å². The number of benzene rings is 2. The number of urea groups is 1. The van der Waals surface area contributed by atoms with Gasteiger partial charge in [0.25, 0.3) is 5.91 Å². The summed E-state index contributed by atoms with van der Waals surface area (Å²) in [5.41, 5.74) is 6.01. The molecule has 0 radical (unpaired) electrons. The van der Waals surface area contributed by atoms with E-state index < -0.39 is 17.8 Å². The van der Waals surface area contributed by atoms with Crippen molar-refractivity contribution in [3.63, 3.8) is 0 Å². The fourth-order valence-corrected chi connectivity index (χ4v) is 1.95. The standard InChI is InChI=1S/C17H15FN4O2/c1-11(13-4-2-12(10-19)3-5-13)20-17(24)22-21-16(23)14-6-8-15(18)9-7-14/h2-9,11H,1H3,(H,21,23)(H2,20,22,24). The number of carbonyl (C=O) groups is 2. The molecule has 122 valence electrons. The molecule has 24 heavy (non-hydrogen) atoms. The van der Waals surface area contributed by atoms with Gasteiger partial charge in [-0.25, -0.2) is 14.6 Å². The number of hydrogen-bond acceptors (Lipinski definition) is 3. The van der Waals surface area contributed by atoms with Crippen LogP contribution >= 0.6 is 0 Å². The predicted molar refractivity (Wildman–Crippen MR) is 85.1 cm³/mol. The van der Waals surface area contributed by atoms with E-state index in [1.165, 1.54) is 12.1 Å². The van der Waals surface area contributed by atoms with Gasteiger partial charge in [0.05, 0.1) is 17.7 Å². The van der Waals surface area contributed by atoms with Crippen LogP contribution in [-0.2, 0) is 0 Å². The molecule has 6 nitrogen and oxygen atoms in total. The molecule has 0 aliphatic heterocycles. The van der Waals surface area contributed by atoms with Crippen LogP contribution in [0.3, 0.4) is 0 Å². The van der Waals surface area contributed by atoms with E-state index in [-0.39, 0.29) is 11.6 Å². The minimum Gasteiger partial charge on any atom is -0.330 e. The van der Waals surface area contributed by atoms with Crippen LogP contribution in [0.5, 0.6) is 0 Å². The molecule has 0 aliphatic carbocycles. The molecule has 0 spiro atoms. The fourth-order valence-electron chi connectivity index (χ4n) is 1.95. The largest absolute Gasteiger partial charge is 0.333 e. The molecule has 1 atom stereocenters. The normalized spacial score (nSPS) is 11.0. The second-order valence-electron chi connectivity index (χ2n) is 5.01. The Labute approximate surface area is 138 Å². The Morgan fingerprint density at radius 2 is 1.67 bits per heavy atom. The van der Waals surface area contributed by atoms with Crippen molar-refractivity contribution < 1.29 is 14.0 Å². The topological polar surface area (TPSA) is 94.0 Å². The highest BCUT2D eigenvalue weighted by Crippen LogP contribution is 2.12. The van der Waals surface area contributed by atoms with E-state index in [0.717, 1.165) is 17.7 Å². The minimum absolute atomic E-state index is 0.219. The van der Waals surface area contributed by atoms with Gasteiger partial charge in [0, 0.05) is 5.56 Å². The first-order valence-corrected chi connectivity index (χ1v) is 7.12. The Kier molecular flexibility index (Phi) is 5.47. The van der Waals surface area contributed by atoms with Crippen molar-refractivity contribution >= 4 is 11.9 Å². The first-order valence-electron chi connectivity index (χ1n) is 7.12. The maximum absolute atomic E-state index is 12.8. The number of halogens is 1. The molecular weight excluding hydrogens is 311 g/mol. The third-order valence-electron chi connectivity index (χ3n) is 3.28. The second-order valence-corrected chi connectivity index (χ2v) is 5.01. The first-order chi connectivity index (χ1) is 11.5. The average molecular weight is 326 g/mol. The smallest absolute Gasteiger partial charge is 0.330 e. The molecule has 0 saturated heterocycles. The number of hydrogen-bond donors (Lipinski definition) is 3. The van der Waals surface area contributed by atoms with E-state index in [2.05, 4.69) is 16.2 Å². The van der Waals surface area contributed by atoms with Crippen molar-refractivity contribution in [2.45, 2.75) is 13.0 Å². The number of nitrogens with zero attached hydrogens (tertiary/aromatic N) is 1. The number of rotatable bonds is 3. The van der Waals surface area contributed by atoms with Gasteiger partial charge in [-0.05, 0) is 48.9 Å². The lowest BCUT2D eigenvalue weighted by molar-refractivity contribution is 0.0936. The lowest BCUT2D eigenvalue weighted by Crippen LogP contribution is -2.47. The lowest BCUT2D eigenvalue weighted by atomic mass is 10.1. The Morgan fingerprint density at radius 3 is 2.25 bits per heavy atom. The van der Waals surface area contributed by atoms with Gasteiger partial charge in [0.1, 0.15) is 5.82 Å². The summed E-state index contributed by atoms with van der Waals surface area (Å²) in [6.07, 6.45) is 0. The molecule has 0 saturated carbocycles. The van der Waals surface area contributed by atoms with Crippen LogP contribution in [0.15, 0.2) is 48.5 Å². The summed E-state index contributed by atoms with van der Waals surface area (Å²) < 4.78 is 12.8. The quantitative estimate of drug-likeness (QED) is 0.756. The van der Waals surface area contributed by atoms with E-state index >= 15 is 0 Å². The summed E-state index contributed by atoms with van der Waals surface area (Å²) in [5.74, 6) is -1.01. The van der Waals surface area contributed by atoms with Crippen molar-refractivity contribution in [1.82, 2.24) is 16.2 Å². The Bertz CT molecular complexity index is 767. The van der Waals surface area contributed by atoms with Crippen LogP contribution in [0.4, 0.5) is 9.18 Å². The molecular formula is C17H15FN4O2. The molecule has 0 bridgehead atoms. The maximum Gasteiger partial charge on any atom is 0.333 e. The third kappa shape index (κ3) is 4.55. The van der Waals surface area contributed by atoms with Crippen molar-refractivity contribution in [2.24, 2.45) is 0 Å². The highest BCUT2D eigenvalue weighted by Gasteiger charge is 2.11. The zero-order valence-electron chi connectivity index (χ0n) is 12.8. The minimum atomic E-state index is -0.595. The molecule has 3 N–H and O–H groups in total. The van der Waals surface area contributed by atoms with Crippen molar-refractivity contribution in [3.8, 4) is 6.07 Å². The lowest BCUT2D eigenvalue weighted by Gasteiger charge is -2.15. The highest BCUT2D eigenvalue weighted by molar-refractivity contribution is 5.95. The van der Waals surface area contributed by atoms with Gasteiger partial charge in [0.2, 0.25) is 0 Å². The summed E-state index contributed by atoms with van der Waals surface area (Å²) in [6.45, 7) is 1.77. The number of hydrazine groups is 1. The number of amides is 3. The summed E-state index contributed by atoms with van der Waals surface area (Å²) in [5, 5.41) is 11.4. The number of nitrogens with one attached hydrogen (secondary N) is 3. The first kappa shape index (κ1) is 17.0. The summed E-state index contributed by atoms with van der Waals surface area (Å²) in [4.78, 5) is 23.6. The Balaban J connectivity index is 1.85. The maximum atomic E-state index is 12.8. The van der Waals surface area contributed by atoms with Crippen molar-refractivity contribution in [2.75, 3.05) is 0 Å². The van der Waals surface area contributed by atoms with Crippen LogP contribution in [0.2, 0.25) is 0 Å². The van der Waals surface area contributed by atoms with E-state index in [1.54, 1.807) is 31.2 Å². The van der Waals surface area contributed by atoms with E-state index in [0.29, 0.717) is 5.56 Å². The zero-order chi connectivity index (χ0) is 17.5. The predicted octanol–water partition coefficient (Wildman–Crippen LogP) is 2.40. The van der Waals surface area contributed by atoms with E-state index in [1.807, 2.05) is 6.07 Å². The van der Waals surface area contributed by atoms with Crippen molar-refractivity contribution in [1.29, 1.82) is 5.26 Å². The molecule has 0 fully saturated rings. The van der Waals surface area contributed by atoms with E-state index in [9.17, 15) is 14.0 Å². The van der Waals surface area contributed by atoms with Gasteiger partial charge in [-0.3, -0.25) is 10.2 Å². The van der Waals surface area contributed by atoms with Gasteiger partial charge in [-0.2, -0.15) is 5.26 Å². The number of nitriles is 1. The number of carbonyl (C=O) groups excluding carboxylic acids is 2. The average Bonchev–Trinajstić information content (AvgIpc) is 2.60. The Morgan fingerprint density at radius 1 is 1.04 bits per heavy atom. The molecule has 3 amide bonds. The Hall–Kier alpha value is -3.40. The van der Waals surface area contributed by atoms with Crippen LogP contribution in [0, 0.1) is 17.1 Å². The van der Waals surface area contributed by atoms with Crippen LogP contribution in [0.1, 0.15) is 34.5 Å². The summed E-state index contributed by atoms with van der Waals surface area (Å²) in [7, 11) is 0. The molecule has 2 aromatic rings. The second kappa shape index (κ2) is 7.74. The molecule has 2 aromatic carbocycles. The fraction of sp³-hybridized carbons (Fsp3) is 0.118. The third-order valence-corrected chi connectivity index (χ3v) is 3.28. The molecule has 1 unspecified atom stereocenters. The van der Waals surface area contributed by atoms with E-state index in [4.69, 9.17) is 5.26 Å². The van der Waals surface area contributed by atoms with Gasteiger partial charge >= 0.3 is 6.03 Å². The van der Waals surface area contributed by atoms with Crippen molar-refractivity contribution in [3.05, 3.63) is 71.0 Å². The highest BCUT2D eigenvalue weighted by atomic mass is 19.1. The molecule has 0 aromatic heterocycles. The SMILES string of the molecule is CC(NC(=O)NNC(=O)c1ccc(F)cc1)c1ccc(C#N)cc1. The van der Waals surface area contributed by atoms with Crippen LogP contribution in [-0.4, -0.2) is 11.9 Å². The van der Waals surface area contributed by atoms with Gasteiger partial charge < -0.3 is 5.32 Å². The van der Waals surface area contributed by atoms with Crippen LogP contribution < -0.4 is 16.2 Å². The molecule has 2 rings (SSSR count). The zero-order valence-corrected chi connectivity index (χ0v) is 12.8. The van der Waals surface area contributed by atoms with Gasteiger partial charge in [-0.15, -0.1) is 0 Å². The van der Waals surface area contributed by atoms with Crippen LogP contribution in [0.25, 0.3) is 0 Å². The van der Waals surface area contributed by atoms with Gasteiger partial charge in [-0.1, -0.05) is 12.1 Å². The molecule has 0 aliphatic rings. The summed E-state index contributed by atoms with van der Waals surface area (Å²) >= 11 is 0. The molecule has 0 heterocycles. The summed E-state index contributed by atoms with van der Waals surface area (Å²) in [6, 6.07) is 12.8.